The highest BCUT2D eigenvalue weighted by molar-refractivity contribution is 7.89. The Morgan fingerprint density at radius 3 is 2.41 bits per heavy atom. The van der Waals surface area contributed by atoms with Crippen molar-refractivity contribution in [3.63, 3.8) is 0 Å². The van der Waals surface area contributed by atoms with Gasteiger partial charge in [-0.2, -0.15) is 4.31 Å². The van der Waals surface area contributed by atoms with Crippen molar-refractivity contribution in [1.29, 1.82) is 0 Å². The van der Waals surface area contributed by atoms with Crippen LogP contribution >= 0.6 is 0 Å². The van der Waals surface area contributed by atoms with Gasteiger partial charge in [0.1, 0.15) is 5.82 Å². The van der Waals surface area contributed by atoms with Crippen molar-refractivity contribution in [2.75, 3.05) is 33.2 Å². The van der Waals surface area contributed by atoms with E-state index in [9.17, 15) is 18.0 Å². The van der Waals surface area contributed by atoms with E-state index in [1.807, 2.05) is 24.8 Å². The summed E-state index contributed by atoms with van der Waals surface area (Å²) < 4.78 is 29.4. The van der Waals surface area contributed by atoms with Crippen LogP contribution in [0.25, 0.3) is 11.0 Å². The number of nitrogens with zero attached hydrogens (tertiary/aromatic N) is 4. The molecule has 9 nitrogen and oxygen atoms in total. The van der Waals surface area contributed by atoms with Crippen LogP contribution in [0.5, 0.6) is 0 Å². The second-order valence-electron chi connectivity index (χ2n) is 8.69. The molecule has 0 atom stereocenters. The van der Waals surface area contributed by atoms with Crippen LogP contribution in [0.4, 0.5) is 0 Å². The summed E-state index contributed by atoms with van der Waals surface area (Å²) in [5, 5.41) is 2.69. The minimum absolute atomic E-state index is 0.0235. The first-order valence-electron chi connectivity index (χ1n) is 12.2. The summed E-state index contributed by atoms with van der Waals surface area (Å²) in [6.07, 6.45) is 3.09. The van der Waals surface area contributed by atoms with Gasteiger partial charge in [0.25, 0.3) is 0 Å². The Balaban J connectivity index is 1.76. The van der Waals surface area contributed by atoms with Gasteiger partial charge in [-0.05, 0) is 37.5 Å². The Kier molecular flexibility index (Phi) is 8.70. The van der Waals surface area contributed by atoms with Crippen LogP contribution in [-0.2, 0) is 32.6 Å². The number of hydrogen-bond acceptors (Lipinski definition) is 5. The number of aryl methyl sites for hydroxylation is 2. The Morgan fingerprint density at radius 1 is 1.15 bits per heavy atom. The fourth-order valence-electron chi connectivity index (χ4n) is 4.67. The van der Waals surface area contributed by atoms with E-state index in [0.29, 0.717) is 57.4 Å². The van der Waals surface area contributed by atoms with Gasteiger partial charge >= 0.3 is 0 Å². The van der Waals surface area contributed by atoms with E-state index in [1.165, 1.54) is 4.31 Å². The molecule has 0 spiro atoms. The van der Waals surface area contributed by atoms with Crippen molar-refractivity contribution in [3.05, 3.63) is 24.0 Å². The van der Waals surface area contributed by atoms with E-state index in [0.717, 1.165) is 24.3 Å². The van der Waals surface area contributed by atoms with Crippen molar-refractivity contribution in [2.45, 2.75) is 64.3 Å². The van der Waals surface area contributed by atoms with Crippen LogP contribution in [-0.4, -0.2) is 72.2 Å². The zero-order chi connectivity index (χ0) is 24.9. The lowest BCUT2D eigenvalue weighted by Gasteiger charge is -2.31. The number of likely N-dealkylation sites (tertiary alicyclic amines) is 1. The topological polar surface area (TPSA) is 105 Å². The van der Waals surface area contributed by atoms with E-state index in [-0.39, 0.29) is 22.6 Å². The molecule has 1 aliphatic heterocycles. The highest BCUT2D eigenvalue weighted by Gasteiger charge is 2.27. The third-order valence-electron chi connectivity index (χ3n) is 6.62. The maximum absolute atomic E-state index is 12.9. The molecule has 0 aliphatic carbocycles. The fraction of sp³-hybridized carbons (Fsp3) is 0.625. The van der Waals surface area contributed by atoms with E-state index in [1.54, 1.807) is 19.2 Å². The molecule has 1 aromatic carbocycles. The first kappa shape index (κ1) is 26.2. The largest absolute Gasteiger partial charge is 0.359 e. The Hall–Kier alpha value is -2.46. The monoisotopic (exact) mass is 491 g/mol. The number of rotatable bonds is 10. The lowest BCUT2D eigenvalue weighted by molar-refractivity contribution is -0.135. The number of fused-ring (bicyclic) bond motifs is 1. The normalized spacial score (nSPS) is 15.3. The van der Waals surface area contributed by atoms with Crippen LogP contribution in [0, 0.1) is 5.92 Å². The summed E-state index contributed by atoms with van der Waals surface area (Å²) in [7, 11) is -1.92. The molecular weight excluding hydrogens is 454 g/mol. The van der Waals surface area contributed by atoms with Crippen LogP contribution in [0.2, 0.25) is 0 Å². The van der Waals surface area contributed by atoms with Gasteiger partial charge in [0.05, 0.1) is 15.9 Å². The maximum atomic E-state index is 12.9. The van der Waals surface area contributed by atoms with Crippen molar-refractivity contribution < 1.29 is 18.0 Å². The molecule has 1 aromatic heterocycles. The molecular formula is C24H37N5O4S. The molecule has 2 amide bonds. The number of hydrogen-bond donors (Lipinski definition) is 1. The molecule has 1 aliphatic rings. The maximum Gasteiger partial charge on any atom is 0.243 e. The van der Waals surface area contributed by atoms with Gasteiger partial charge in [-0.15, -0.1) is 0 Å². The highest BCUT2D eigenvalue weighted by Crippen LogP contribution is 2.24. The van der Waals surface area contributed by atoms with E-state index in [4.69, 9.17) is 4.98 Å². The summed E-state index contributed by atoms with van der Waals surface area (Å²) in [5.74, 6) is 0.880. The average molecular weight is 492 g/mol. The molecule has 1 N–H and O–H groups in total. The van der Waals surface area contributed by atoms with Crippen molar-refractivity contribution in [1.82, 2.24) is 24.1 Å². The lowest BCUT2D eigenvalue weighted by atomic mass is 9.96. The van der Waals surface area contributed by atoms with Crippen molar-refractivity contribution in [2.24, 2.45) is 5.92 Å². The number of nitrogens with one attached hydrogen (secondary N) is 1. The molecule has 188 valence electrons. The molecule has 1 saturated heterocycles. The average Bonchev–Trinajstić information content (AvgIpc) is 3.19. The number of imidazole rings is 1. The predicted molar refractivity (Wildman–Crippen MR) is 132 cm³/mol. The van der Waals surface area contributed by atoms with Crippen LogP contribution < -0.4 is 5.32 Å². The van der Waals surface area contributed by atoms with Crippen molar-refractivity contribution >= 4 is 32.9 Å². The van der Waals surface area contributed by atoms with E-state index < -0.39 is 10.0 Å². The van der Waals surface area contributed by atoms with Crippen LogP contribution in [0.1, 0.15) is 52.3 Å². The van der Waals surface area contributed by atoms with Gasteiger partial charge in [0, 0.05) is 58.5 Å². The molecule has 10 heteroatoms. The Morgan fingerprint density at radius 2 is 1.82 bits per heavy atom. The second-order valence-corrected chi connectivity index (χ2v) is 10.6. The minimum atomic E-state index is -3.57. The third kappa shape index (κ3) is 5.43. The Bertz CT molecular complexity index is 1120. The quantitative estimate of drug-likeness (QED) is 0.550. The van der Waals surface area contributed by atoms with Gasteiger partial charge in [-0.3, -0.25) is 9.59 Å². The molecule has 34 heavy (non-hydrogen) atoms. The van der Waals surface area contributed by atoms with E-state index >= 15 is 0 Å². The third-order valence-corrected chi connectivity index (χ3v) is 8.66. The number of piperidine rings is 1. The molecule has 1 fully saturated rings. The van der Waals surface area contributed by atoms with Gasteiger partial charge in [-0.1, -0.05) is 20.8 Å². The number of carbonyl (C=O) groups excluding carboxylic acids is 2. The Labute approximate surface area is 202 Å². The standard InChI is InChI=1S/C24H37N5O4S/c1-5-14-29-21-9-8-19(34(32,33)28(6-2)7-3)17-20(21)26-22(29)10-11-23(30)27-15-12-18(13-16-27)24(31)25-4/h8-9,17-18H,5-7,10-16H2,1-4H3,(H,25,31). The zero-order valence-electron chi connectivity index (χ0n) is 20.7. The SMILES string of the molecule is CCCn1c(CCC(=O)N2CCC(C(=O)NC)CC2)nc2cc(S(=O)(=O)N(CC)CC)ccc21. The molecule has 0 saturated carbocycles. The van der Waals surface area contributed by atoms with Gasteiger partial charge in [-0.25, -0.2) is 13.4 Å². The van der Waals surface area contributed by atoms with Crippen LogP contribution in [0.3, 0.4) is 0 Å². The van der Waals surface area contributed by atoms with Gasteiger partial charge in [0.15, 0.2) is 0 Å². The van der Waals surface area contributed by atoms with E-state index in [2.05, 4.69) is 16.8 Å². The molecule has 0 unspecified atom stereocenters. The summed E-state index contributed by atoms with van der Waals surface area (Å²) in [5.41, 5.74) is 1.52. The zero-order valence-corrected chi connectivity index (χ0v) is 21.5. The van der Waals surface area contributed by atoms with Crippen molar-refractivity contribution in [3.8, 4) is 0 Å². The number of benzene rings is 1. The highest BCUT2D eigenvalue weighted by atomic mass is 32.2. The summed E-state index contributed by atoms with van der Waals surface area (Å²) >= 11 is 0. The first-order valence-corrected chi connectivity index (χ1v) is 13.7. The number of sulfonamides is 1. The molecule has 2 heterocycles. The minimum Gasteiger partial charge on any atom is -0.359 e. The molecule has 0 bridgehead atoms. The predicted octanol–water partition coefficient (Wildman–Crippen LogP) is 2.39. The summed E-state index contributed by atoms with van der Waals surface area (Å²) in [4.78, 5) is 31.5. The summed E-state index contributed by atoms with van der Waals surface area (Å²) in [6, 6.07) is 5.11. The number of amides is 2. The summed E-state index contributed by atoms with van der Waals surface area (Å²) in [6.45, 7) is 8.49. The fourth-order valence-corrected chi connectivity index (χ4v) is 6.15. The molecule has 0 radical (unpaired) electrons. The van der Waals surface area contributed by atoms with Gasteiger partial charge in [0.2, 0.25) is 21.8 Å². The first-order chi connectivity index (χ1) is 16.3. The smallest absolute Gasteiger partial charge is 0.243 e. The molecule has 2 aromatic rings. The molecule has 3 rings (SSSR count). The lowest BCUT2D eigenvalue weighted by Crippen LogP contribution is -2.42. The number of carbonyl (C=O) groups is 2. The van der Waals surface area contributed by atoms with Crippen LogP contribution in [0.15, 0.2) is 23.1 Å². The number of aromatic nitrogens is 2. The van der Waals surface area contributed by atoms with Gasteiger partial charge < -0.3 is 14.8 Å². The second kappa shape index (κ2) is 11.3.